The summed E-state index contributed by atoms with van der Waals surface area (Å²) in [5, 5.41) is 4.46. The van der Waals surface area contributed by atoms with E-state index in [9.17, 15) is 0 Å². The average Bonchev–Trinajstić information content (AvgIpc) is 2.57. The highest BCUT2D eigenvalue weighted by atomic mass is 16.5. The summed E-state index contributed by atoms with van der Waals surface area (Å²) in [5.41, 5.74) is 0.903. The molecule has 0 radical (unpaired) electrons. The Balaban J connectivity index is 1.89. The van der Waals surface area contributed by atoms with Crippen LogP contribution in [-0.2, 0) is 0 Å². The molecule has 2 rings (SSSR count). The Morgan fingerprint density at radius 2 is 1.95 bits per heavy atom. The van der Waals surface area contributed by atoms with Crippen LogP contribution in [0.3, 0.4) is 0 Å². The number of methoxy groups -OCH3 is 1. The number of unbranched alkanes of at least 4 members (excludes halogenated alkanes) is 1. The Kier molecular flexibility index (Phi) is 6.40. The van der Waals surface area contributed by atoms with E-state index in [1.54, 1.807) is 13.4 Å². The number of nitrogens with one attached hydrogen (secondary N) is 1. The van der Waals surface area contributed by atoms with Crippen LogP contribution < -0.4 is 10.1 Å². The minimum Gasteiger partial charge on any atom is -0.497 e. The molecule has 5 nitrogen and oxygen atoms in total. The Morgan fingerprint density at radius 1 is 1.14 bits per heavy atom. The number of anilines is 1. The van der Waals surface area contributed by atoms with E-state index in [1.165, 1.54) is 6.42 Å². The second kappa shape index (κ2) is 8.54. The highest BCUT2D eigenvalue weighted by Crippen LogP contribution is 2.23. The molecule has 2 aromatic rings. The quantitative estimate of drug-likeness (QED) is 0.721. The van der Waals surface area contributed by atoms with Gasteiger partial charge in [-0.3, -0.25) is 0 Å². The van der Waals surface area contributed by atoms with Crippen LogP contribution >= 0.6 is 0 Å². The smallest absolute Gasteiger partial charge is 0.137 e. The minimum atomic E-state index is 0.816. The Labute approximate surface area is 132 Å². The third kappa shape index (κ3) is 4.31. The molecule has 22 heavy (non-hydrogen) atoms. The molecule has 0 unspecified atom stereocenters. The predicted molar refractivity (Wildman–Crippen MR) is 91.6 cm³/mol. The first-order valence-electron chi connectivity index (χ1n) is 8.03. The summed E-state index contributed by atoms with van der Waals surface area (Å²) < 4.78 is 5.23. The lowest BCUT2D eigenvalue weighted by Gasteiger charge is -2.17. The van der Waals surface area contributed by atoms with Crippen LogP contribution in [0.1, 0.15) is 26.7 Å². The Bertz CT molecular complexity index is 584. The number of hydrogen-bond donors (Lipinski definition) is 1. The number of benzene rings is 1. The molecule has 0 bridgehead atoms. The largest absolute Gasteiger partial charge is 0.497 e. The van der Waals surface area contributed by atoms with Crippen molar-refractivity contribution in [1.29, 1.82) is 0 Å². The number of aromatic nitrogens is 2. The van der Waals surface area contributed by atoms with Gasteiger partial charge in [-0.05, 0) is 44.6 Å². The SMILES string of the molecule is CCN(CC)CCCCNc1ncnc2cc(OC)ccc12. The van der Waals surface area contributed by atoms with Crippen LogP contribution in [0.5, 0.6) is 5.75 Å². The standard InChI is InChI=1S/C17H26N4O/c1-4-21(5-2)11-7-6-10-18-17-15-9-8-14(22-3)12-16(15)19-13-20-17/h8-9,12-13H,4-7,10-11H2,1-3H3,(H,18,19,20). The average molecular weight is 302 g/mol. The van der Waals surface area contributed by atoms with E-state index in [1.807, 2.05) is 18.2 Å². The molecule has 0 atom stereocenters. The van der Waals surface area contributed by atoms with Gasteiger partial charge >= 0.3 is 0 Å². The molecule has 1 N–H and O–H groups in total. The zero-order valence-corrected chi connectivity index (χ0v) is 13.8. The number of nitrogens with zero attached hydrogens (tertiary/aromatic N) is 3. The number of fused-ring (bicyclic) bond motifs is 1. The van der Waals surface area contributed by atoms with Gasteiger partial charge in [0.1, 0.15) is 17.9 Å². The van der Waals surface area contributed by atoms with Crippen LogP contribution in [0, 0.1) is 0 Å². The van der Waals surface area contributed by atoms with Gasteiger partial charge in [0.15, 0.2) is 0 Å². The Hall–Kier alpha value is -1.88. The highest BCUT2D eigenvalue weighted by Gasteiger charge is 2.04. The van der Waals surface area contributed by atoms with Crippen molar-refractivity contribution >= 4 is 16.7 Å². The molecule has 0 aliphatic carbocycles. The van der Waals surface area contributed by atoms with E-state index in [2.05, 4.69) is 34.0 Å². The summed E-state index contributed by atoms with van der Waals surface area (Å²) in [6.07, 6.45) is 3.93. The van der Waals surface area contributed by atoms with Crippen LogP contribution in [-0.4, -0.2) is 48.2 Å². The molecule has 1 heterocycles. The van der Waals surface area contributed by atoms with Crippen LogP contribution in [0.25, 0.3) is 10.9 Å². The summed E-state index contributed by atoms with van der Waals surface area (Å²) in [7, 11) is 1.66. The molecule has 0 spiro atoms. The predicted octanol–water partition coefficient (Wildman–Crippen LogP) is 3.17. The number of hydrogen-bond acceptors (Lipinski definition) is 5. The topological polar surface area (TPSA) is 50.3 Å². The molecule has 0 aliphatic rings. The molecular weight excluding hydrogens is 276 g/mol. The summed E-state index contributed by atoms with van der Waals surface area (Å²) in [4.78, 5) is 11.1. The molecule has 0 aliphatic heterocycles. The van der Waals surface area contributed by atoms with Crippen LogP contribution in [0.2, 0.25) is 0 Å². The van der Waals surface area contributed by atoms with E-state index in [4.69, 9.17) is 4.74 Å². The maximum Gasteiger partial charge on any atom is 0.137 e. The number of ether oxygens (including phenoxy) is 1. The molecule has 5 heteroatoms. The Morgan fingerprint density at radius 3 is 2.68 bits per heavy atom. The van der Waals surface area contributed by atoms with E-state index < -0.39 is 0 Å². The fourth-order valence-corrected chi connectivity index (χ4v) is 2.51. The molecular formula is C17H26N4O. The fraction of sp³-hybridized carbons (Fsp3) is 0.529. The van der Waals surface area contributed by atoms with Gasteiger partial charge in [-0.2, -0.15) is 0 Å². The summed E-state index contributed by atoms with van der Waals surface area (Å²) in [6, 6.07) is 5.88. The summed E-state index contributed by atoms with van der Waals surface area (Å²) in [6.45, 7) is 8.77. The fourth-order valence-electron chi connectivity index (χ4n) is 2.51. The van der Waals surface area contributed by atoms with E-state index >= 15 is 0 Å². The lowest BCUT2D eigenvalue weighted by molar-refractivity contribution is 0.298. The third-order valence-electron chi connectivity index (χ3n) is 3.93. The first-order chi connectivity index (χ1) is 10.8. The monoisotopic (exact) mass is 302 g/mol. The summed E-state index contributed by atoms with van der Waals surface area (Å²) in [5.74, 6) is 1.71. The second-order valence-electron chi connectivity index (χ2n) is 5.27. The van der Waals surface area contributed by atoms with Crippen molar-refractivity contribution in [2.45, 2.75) is 26.7 Å². The van der Waals surface area contributed by atoms with Gasteiger partial charge in [-0.15, -0.1) is 0 Å². The normalized spacial score (nSPS) is 11.1. The zero-order chi connectivity index (χ0) is 15.8. The minimum absolute atomic E-state index is 0.816. The number of rotatable bonds is 9. The van der Waals surface area contributed by atoms with E-state index in [-0.39, 0.29) is 0 Å². The second-order valence-corrected chi connectivity index (χ2v) is 5.27. The first-order valence-corrected chi connectivity index (χ1v) is 8.03. The maximum atomic E-state index is 5.23. The first kappa shape index (κ1) is 16.5. The molecule has 0 saturated carbocycles. The van der Waals surface area contributed by atoms with Crippen molar-refractivity contribution in [3.8, 4) is 5.75 Å². The van der Waals surface area contributed by atoms with Gasteiger partial charge in [0.2, 0.25) is 0 Å². The molecule has 1 aromatic carbocycles. The van der Waals surface area contributed by atoms with Gasteiger partial charge in [0.05, 0.1) is 12.6 Å². The van der Waals surface area contributed by atoms with Crippen LogP contribution in [0.15, 0.2) is 24.5 Å². The van der Waals surface area contributed by atoms with Crippen molar-refractivity contribution in [3.63, 3.8) is 0 Å². The molecule has 1 aromatic heterocycles. The van der Waals surface area contributed by atoms with E-state index in [0.717, 1.165) is 55.1 Å². The van der Waals surface area contributed by atoms with Gasteiger partial charge in [0, 0.05) is 18.0 Å². The lowest BCUT2D eigenvalue weighted by Crippen LogP contribution is -2.24. The molecule has 120 valence electrons. The van der Waals surface area contributed by atoms with Gasteiger partial charge in [0.25, 0.3) is 0 Å². The van der Waals surface area contributed by atoms with Gasteiger partial charge < -0.3 is 15.0 Å². The van der Waals surface area contributed by atoms with Crippen molar-refractivity contribution in [1.82, 2.24) is 14.9 Å². The van der Waals surface area contributed by atoms with Crippen LogP contribution in [0.4, 0.5) is 5.82 Å². The molecule has 0 saturated heterocycles. The van der Waals surface area contributed by atoms with Crippen molar-refractivity contribution in [2.24, 2.45) is 0 Å². The van der Waals surface area contributed by atoms with Crippen molar-refractivity contribution in [2.75, 3.05) is 38.6 Å². The zero-order valence-electron chi connectivity index (χ0n) is 13.8. The molecule has 0 amide bonds. The van der Waals surface area contributed by atoms with E-state index in [0.29, 0.717) is 0 Å². The highest BCUT2D eigenvalue weighted by molar-refractivity contribution is 5.89. The van der Waals surface area contributed by atoms with Gasteiger partial charge in [-0.1, -0.05) is 13.8 Å². The maximum absolute atomic E-state index is 5.23. The third-order valence-corrected chi connectivity index (χ3v) is 3.93. The van der Waals surface area contributed by atoms with Crippen molar-refractivity contribution < 1.29 is 4.74 Å². The summed E-state index contributed by atoms with van der Waals surface area (Å²) >= 11 is 0. The molecule has 0 fully saturated rings. The van der Waals surface area contributed by atoms with Crippen molar-refractivity contribution in [3.05, 3.63) is 24.5 Å². The van der Waals surface area contributed by atoms with Gasteiger partial charge in [-0.25, -0.2) is 9.97 Å². The lowest BCUT2D eigenvalue weighted by atomic mass is 10.2.